The molecule has 0 saturated heterocycles. The molecule has 0 saturated carbocycles. The van der Waals surface area contributed by atoms with Crippen LogP contribution in [-0.4, -0.2) is 24.5 Å². The Balaban J connectivity index is 0.00000224. The standard InChI is InChI=1S/C42H29N5O2.2Pt/c1-28(2)21-29-26-45-42(46-27-29)47-40-24-34(48-32-11-7-9-30(22-32)38-13-3-5-19-43-38)15-17-36(40)37-18-16-35(25-41(37)47)49-33-12-8-10-31(23-33)39-14-4-6-20-44-39;;/h3-20,26-28H,21H2,1-2H3;;/q-4;2*+2. The summed E-state index contributed by atoms with van der Waals surface area (Å²) in [6.45, 7) is 4.36. The van der Waals surface area contributed by atoms with Crippen LogP contribution in [0.2, 0.25) is 0 Å². The van der Waals surface area contributed by atoms with Crippen molar-refractivity contribution in [3.05, 3.63) is 152 Å². The van der Waals surface area contributed by atoms with E-state index in [1.807, 2.05) is 114 Å². The Morgan fingerprint density at radius 2 is 1.04 bits per heavy atom. The van der Waals surface area contributed by atoms with E-state index in [9.17, 15) is 0 Å². The average Bonchev–Trinajstić information content (AvgIpc) is 3.45. The van der Waals surface area contributed by atoms with Gasteiger partial charge in [0.15, 0.2) is 0 Å². The van der Waals surface area contributed by atoms with Gasteiger partial charge in [-0.05, 0) is 41.4 Å². The van der Waals surface area contributed by atoms with Gasteiger partial charge in [-0.15, -0.1) is 71.8 Å². The summed E-state index contributed by atoms with van der Waals surface area (Å²) in [5.41, 5.74) is 5.90. The van der Waals surface area contributed by atoms with Crippen LogP contribution >= 0.6 is 0 Å². The Hall–Kier alpha value is -4.96. The van der Waals surface area contributed by atoms with Crippen molar-refractivity contribution in [1.82, 2.24) is 24.5 Å². The van der Waals surface area contributed by atoms with E-state index < -0.39 is 0 Å². The van der Waals surface area contributed by atoms with Crippen LogP contribution in [0.25, 0.3) is 50.3 Å². The summed E-state index contributed by atoms with van der Waals surface area (Å²) in [4.78, 5) is 18.5. The summed E-state index contributed by atoms with van der Waals surface area (Å²) in [6, 6.07) is 44.6. The molecule has 254 valence electrons. The molecule has 8 rings (SSSR count). The maximum absolute atomic E-state index is 6.31. The third-order valence-electron chi connectivity index (χ3n) is 7.93. The molecule has 9 heteroatoms. The van der Waals surface area contributed by atoms with Gasteiger partial charge in [0.2, 0.25) is 5.95 Å². The largest absolute Gasteiger partial charge is 2.00 e. The first-order chi connectivity index (χ1) is 24.1. The number of benzene rings is 4. The first-order valence-electron chi connectivity index (χ1n) is 16.0. The van der Waals surface area contributed by atoms with Gasteiger partial charge >= 0.3 is 42.1 Å². The van der Waals surface area contributed by atoms with Crippen LogP contribution in [0.5, 0.6) is 23.0 Å². The molecule has 0 N–H and O–H groups in total. The minimum atomic E-state index is 0. The fourth-order valence-corrected chi connectivity index (χ4v) is 5.78. The molecule has 0 aliphatic rings. The van der Waals surface area contributed by atoms with Crippen molar-refractivity contribution in [2.75, 3.05) is 0 Å². The second-order valence-electron chi connectivity index (χ2n) is 12.0. The van der Waals surface area contributed by atoms with Crippen molar-refractivity contribution >= 4 is 21.8 Å². The number of fused-ring (bicyclic) bond motifs is 3. The van der Waals surface area contributed by atoms with Crippen molar-refractivity contribution in [1.29, 1.82) is 0 Å². The normalized spacial score (nSPS) is 10.9. The molecule has 0 atom stereocenters. The predicted molar refractivity (Wildman–Crippen MR) is 190 cm³/mol. The molecule has 0 bridgehead atoms. The zero-order chi connectivity index (χ0) is 33.2. The molecule has 0 aliphatic heterocycles. The first-order valence-corrected chi connectivity index (χ1v) is 16.0. The molecule has 0 radical (unpaired) electrons. The Morgan fingerprint density at radius 1 is 0.549 bits per heavy atom. The average molecular weight is 1030 g/mol. The number of hydrogen-bond acceptors (Lipinski definition) is 6. The van der Waals surface area contributed by atoms with E-state index in [0.717, 1.165) is 56.3 Å². The van der Waals surface area contributed by atoms with Gasteiger partial charge in [-0.1, -0.05) is 61.3 Å². The second-order valence-corrected chi connectivity index (χ2v) is 12.0. The number of ether oxygens (including phenoxy) is 2. The first kappa shape index (κ1) is 35.8. The molecule has 7 nitrogen and oxygen atoms in total. The predicted octanol–water partition coefficient (Wildman–Crippen LogP) is 9.68. The van der Waals surface area contributed by atoms with E-state index in [4.69, 9.17) is 19.4 Å². The van der Waals surface area contributed by atoms with Crippen LogP contribution in [0.3, 0.4) is 0 Å². The van der Waals surface area contributed by atoms with Gasteiger partial charge in [0.05, 0.1) is 0 Å². The topological polar surface area (TPSA) is 75.0 Å². The number of nitrogens with zero attached hydrogens (tertiary/aromatic N) is 5. The summed E-state index contributed by atoms with van der Waals surface area (Å²) in [5.74, 6) is 3.16. The van der Waals surface area contributed by atoms with Crippen LogP contribution in [0.15, 0.2) is 122 Å². The van der Waals surface area contributed by atoms with Gasteiger partial charge in [-0.25, -0.2) is 9.97 Å². The number of rotatable bonds is 9. The maximum Gasteiger partial charge on any atom is 2.00 e. The molecular formula is C42H29N5O2Pt2. The molecule has 0 unspecified atom stereocenters. The number of pyridine rings is 2. The molecule has 8 aromatic rings. The van der Waals surface area contributed by atoms with E-state index in [0.29, 0.717) is 34.9 Å². The second kappa shape index (κ2) is 15.9. The Bertz CT molecular complexity index is 2260. The van der Waals surface area contributed by atoms with Gasteiger partial charge in [0, 0.05) is 47.8 Å². The SMILES string of the molecule is CC(C)Cc1cnc(-n2c3[c-]c(Oc4[c-]c(-c5ccccn5)ccc4)ccc3c3ccc(Oc4[c-]c(-c5ccccn5)ccc4)[c-]c32)nc1.[Pt+2].[Pt+2]. The maximum atomic E-state index is 6.31. The van der Waals surface area contributed by atoms with Crippen LogP contribution in [0.4, 0.5) is 0 Å². The smallest absolute Gasteiger partial charge is 0.503 e. The molecule has 51 heavy (non-hydrogen) atoms. The van der Waals surface area contributed by atoms with E-state index in [1.54, 1.807) is 12.4 Å². The van der Waals surface area contributed by atoms with Gasteiger partial charge in [-0.2, -0.15) is 22.9 Å². The fourth-order valence-electron chi connectivity index (χ4n) is 5.78. The van der Waals surface area contributed by atoms with Crippen LogP contribution < -0.4 is 9.47 Å². The third-order valence-corrected chi connectivity index (χ3v) is 7.93. The molecule has 0 fully saturated rings. The fraction of sp³-hybridized carbons (Fsp3) is 0.0952. The van der Waals surface area contributed by atoms with Crippen molar-refractivity contribution in [2.45, 2.75) is 20.3 Å². The molecule has 4 aromatic heterocycles. The Labute approximate surface area is 325 Å². The van der Waals surface area contributed by atoms with Crippen molar-refractivity contribution in [3.8, 4) is 51.5 Å². The molecule has 0 aliphatic carbocycles. The summed E-state index contributed by atoms with van der Waals surface area (Å²) < 4.78 is 14.6. The molecular weight excluding hydrogens is 997 g/mol. The summed E-state index contributed by atoms with van der Waals surface area (Å²) >= 11 is 0. The molecule has 0 amide bonds. The zero-order valence-electron chi connectivity index (χ0n) is 27.5. The minimum absolute atomic E-state index is 0. The zero-order valence-corrected chi connectivity index (χ0v) is 32.1. The van der Waals surface area contributed by atoms with Gasteiger partial charge < -0.3 is 24.0 Å². The number of hydrogen-bond donors (Lipinski definition) is 0. The van der Waals surface area contributed by atoms with Gasteiger partial charge in [-0.3, -0.25) is 0 Å². The molecule has 0 spiro atoms. The van der Waals surface area contributed by atoms with Crippen LogP contribution in [0.1, 0.15) is 19.4 Å². The van der Waals surface area contributed by atoms with E-state index in [2.05, 4.69) is 48.1 Å². The van der Waals surface area contributed by atoms with Crippen molar-refractivity contribution in [3.63, 3.8) is 0 Å². The van der Waals surface area contributed by atoms with Crippen LogP contribution in [0, 0.1) is 30.2 Å². The quantitative estimate of drug-likeness (QED) is 0.134. The number of aromatic nitrogens is 5. The van der Waals surface area contributed by atoms with E-state index >= 15 is 0 Å². The van der Waals surface area contributed by atoms with Crippen LogP contribution in [-0.2, 0) is 48.6 Å². The Kier molecular flexibility index (Phi) is 11.2. The van der Waals surface area contributed by atoms with Gasteiger partial charge in [0.25, 0.3) is 0 Å². The van der Waals surface area contributed by atoms with Crippen molar-refractivity contribution < 1.29 is 51.6 Å². The molecule has 4 heterocycles. The third kappa shape index (κ3) is 7.86. The molecule has 4 aromatic carbocycles. The van der Waals surface area contributed by atoms with Gasteiger partial charge in [0.1, 0.15) is 0 Å². The van der Waals surface area contributed by atoms with Crippen molar-refractivity contribution in [2.24, 2.45) is 5.92 Å². The summed E-state index contributed by atoms with van der Waals surface area (Å²) in [5, 5.41) is 1.91. The monoisotopic (exact) mass is 1030 g/mol. The minimum Gasteiger partial charge on any atom is -0.503 e. The van der Waals surface area contributed by atoms with E-state index in [-0.39, 0.29) is 42.1 Å². The summed E-state index contributed by atoms with van der Waals surface area (Å²) in [6.07, 6.45) is 8.19. The Morgan fingerprint density at radius 3 is 1.49 bits per heavy atom. The van der Waals surface area contributed by atoms with E-state index in [1.165, 1.54) is 0 Å². The summed E-state index contributed by atoms with van der Waals surface area (Å²) in [7, 11) is 0.